The number of halogens is 2. The molecule has 0 aliphatic carbocycles. The van der Waals surface area contributed by atoms with Gasteiger partial charge in [0.2, 0.25) is 5.79 Å². The standard InChI is InChI=1S/C9H8BrClO2/c1-9(2)12-6-4-3-5(10)7(11)8(6)13-9/h3-4H,1-2H3. The number of rotatable bonds is 0. The molecule has 0 N–H and O–H groups in total. The lowest BCUT2D eigenvalue weighted by atomic mass is 10.3. The summed E-state index contributed by atoms with van der Waals surface area (Å²) in [5, 5.41) is 0.558. The number of fused-ring (bicyclic) bond motifs is 1. The van der Waals surface area contributed by atoms with Crippen molar-refractivity contribution >= 4 is 27.5 Å². The molecule has 0 spiro atoms. The first-order valence-electron chi connectivity index (χ1n) is 3.86. The predicted octanol–water partition coefficient (Wildman–Crippen LogP) is 3.61. The highest BCUT2D eigenvalue weighted by Crippen LogP contribution is 2.46. The Morgan fingerprint density at radius 3 is 2.69 bits per heavy atom. The second-order valence-electron chi connectivity index (χ2n) is 3.29. The maximum Gasteiger partial charge on any atom is 0.246 e. The van der Waals surface area contributed by atoms with Crippen LogP contribution in [0.15, 0.2) is 16.6 Å². The van der Waals surface area contributed by atoms with Gasteiger partial charge in [0.15, 0.2) is 11.5 Å². The maximum absolute atomic E-state index is 6.01. The van der Waals surface area contributed by atoms with Crippen LogP contribution in [0.5, 0.6) is 11.5 Å². The summed E-state index contributed by atoms with van der Waals surface area (Å²) in [6.07, 6.45) is 0. The molecule has 0 radical (unpaired) electrons. The largest absolute Gasteiger partial charge is 0.449 e. The highest BCUT2D eigenvalue weighted by Gasteiger charge is 2.33. The van der Waals surface area contributed by atoms with Gasteiger partial charge in [-0.2, -0.15) is 0 Å². The summed E-state index contributed by atoms with van der Waals surface area (Å²) in [5.74, 6) is 0.687. The van der Waals surface area contributed by atoms with Gasteiger partial charge in [-0.1, -0.05) is 11.6 Å². The normalized spacial score (nSPS) is 17.5. The topological polar surface area (TPSA) is 18.5 Å². The number of hydrogen-bond acceptors (Lipinski definition) is 2. The Bertz CT molecular complexity index is 363. The second kappa shape index (κ2) is 2.79. The van der Waals surface area contributed by atoms with Crippen molar-refractivity contribution in [2.24, 2.45) is 0 Å². The Morgan fingerprint density at radius 2 is 2.00 bits per heavy atom. The summed E-state index contributed by atoms with van der Waals surface area (Å²) >= 11 is 9.33. The molecule has 0 saturated carbocycles. The van der Waals surface area contributed by atoms with Gasteiger partial charge < -0.3 is 9.47 Å². The summed E-state index contributed by atoms with van der Waals surface area (Å²) in [6, 6.07) is 3.67. The van der Waals surface area contributed by atoms with Crippen molar-refractivity contribution in [2.45, 2.75) is 19.6 Å². The molecule has 0 saturated heterocycles. The minimum Gasteiger partial charge on any atom is -0.449 e. The summed E-state index contributed by atoms with van der Waals surface area (Å²) in [7, 11) is 0. The molecule has 0 atom stereocenters. The lowest BCUT2D eigenvalue weighted by molar-refractivity contribution is -0.0431. The fourth-order valence-corrected chi connectivity index (χ4v) is 1.73. The molecular weight excluding hydrogens is 255 g/mol. The summed E-state index contributed by atoms with van der Waals surface area (Å²) in [6.45, 7) is 3.69. The van der Waals surface area contributed by atoms with Crippen molar-refractivity contribution in [1.29, 1.82) is 0 Å². The van der Waals surface area contributed by atoms with E-state index in [9.17, 15) is 0 Å². The third-order valence-electron chi connectivity index (χ3n) is 1.72. The van der Waals surface area contributed by atoms with Gasteiger partial charge in [-0.15, -0.1) is 0 Å². The van der Waals surface area contributed by atoms with E-state index in [1.165, 1.54) is 0 Å². The SMILES string of the molecule is CC1(C)Oc2ccc(Br)c(Cl)c2O1. The van der Waals surface area contributed by atoms with Crippen molar-refractivity contribution in [3.63, 3.8) is 0 Å². The maximum atomic E-state index is 6.01. The molecule has 13 heavy (non-hydrogen) atoms. The molecule has 1 aromatic carbocycles. The van der Waals surface area contributed by atoms with Gasteiger partial charge in [0.1, 0.15) is 5.02 Å². The number of ether oxygens (including phenoxy) is 2. The van der Waals surface area contributed by atoms with E-state index in [0.717, 1.165) is 4.47 Å². The third-order valence-corrected chi connectivity index (χ3v) is 2.98. The molecular formula is C9H8BrClO2. The first-order valence-corrected chi connectivity index (χ1v) is 5.03. The van der Waals surface area contributed by atoms with Gasteiger partial charge in [0.25, 0.3) is 0 Å². The van der Waals surface area contributed by atoms with E-state index < -0.39 is 5.79 Å². The summed E-state index contributed by atoms with van der Waals surface area (Å²) < 4.78 is 11.8. The van der Waals surface area contributed by atoms with Crippen molar-refractivity contribution < 1.29 is 9.47 Å². The molecule has 2 rings (SSSR count). The van der Waals surface area contributed by atoms with E-state index >= 15 is 0 Å². The molecule has 1 aliphatic rings. The zero-order valence-electron chi connectivity index (χ0n) is 7.23. The van der Waals surface area contributed by atoms with Crippen LogP contribution in [0.25, 0.3) is 0 Å². The zero-order valence-corrected chi connectivity index (χ0v) is 9.57. The van der Waals surface area contributed by atoms with Crippen LogP contribution in [-0.2, 0) is 0 Å². The molecule has 70 valence electrons. The van der Waals surface area contributed by atoms with Crippen molar-refractivity contribution in [1.82, 2.24) is 0 Å². The molecule has 0 bridgehead atoms. The van der Waals surface area contributed by atoms with E-state index in [1.54, 1.807) is 0 Å². The number of benzene rings is 1. The van der Waals surface area contributed by atoms with Crippen LogP contribution < -0.4 is 9.47 Å². The third kappa shape index (κ3) is 1.51. The highest BCUT2D eigenvalue weighted by molar-refractivity contribution is 9.10. The van der Waals surface area contributed by atoms with Gasteiger partial charge in [-0.3, -0.25) is 0 Å². The van der Waals surface area contributed by atoms with Gasteiger partial charge in [0, 0.05) is 18.3 Å². The highest BCUT2D eigenvalue weighted by atomic mass is 79.9. The molecule has 0 fully saturated rings. The van der Waals surface area contributed by atoms with Gasteiger partial charge >= 0.3 is 0 Å². The average Bonchev–Trinajstić information content (AvgIpc) is 2.34. The lowest BCUT2D eigenvalue weighted by Crippen LogP contribution is -2.29. The Kier molecular flexibility index (Phi) is 1.96. The van der Waals surface area contributed by atoms with Crippen LogP contribution in [0.4, 0.5) is 0 Å². The monoisotopic (exact) mass is 262 g/mol. The van der Waals surface area contributed by atoms with Crippen molar-refractivity contribution in [3.05, 3.63) is 21.6 Å². The van der Waals surface area contributed by atoms with Crippen LogP contribution in [0.2, 0.25) is 5.02 Å². The van der Waals surface area contributed by atoms with Gasteiger partial charge in [-0.05, 0) is 28.1 Å². The first kappa shape index (κ1) is 9.16. The molecule has 1 aliphatic heterocycles. The predicted molar refractivity (Wildman–Crippen MR) is 54.5 cm³/mol. The molecule has 0 unspecified atom stereocenters. The Labute approximate surface area is 89.9 Å². The fourth-order valence-electron chi connectivity index (χ4n) is 1.22. The van der Waals surface area contributed by atoms with E-state index in [4.69, 9.17) is 21.1 Å². The Morgan fingerprint density at radius 1 is 1.31 bits per heavy atom. The molecule has 1 heterocycles. The van der Waals surface area contributed by atoms with Crippen LogP contribution in [0.1, 0.15) is 13.8 Å². The molecule has 4 heteroatoms. The average molecular weight is 264 g/mol. The molecule has 0 amide bonds. The first-order chi connectivity index (χ1) is 5.99. The summed E-state index contributed by atoms with van der Waals surface area (Å²) in [4.78, 5) is 0. The minimum atomic E-state index is -0.618. The van der Waals surface area contributed by atoms with Crippen molar-refractivity contribution in [2.75, 3.05) is 0 Å². The fraction of sp³-hybridized carbons (Fsp3) is 0.333. The second-order valence-corrected chi connectivity index (χ2v) is 4.52. The smallest absolute Gasteiger partial charge is 0.246 e. The zero-order chi connectivity index (χ0) is 9.64. The molecule has 1 aromatic rings. The quantitative estimate of drug-likeness (QED) is 0.712. The number of hydrogen-bond donors (Lipinski definition) is 0. The van der Waals surface area contributed by atoms with Gasteiger partial charge in [-0.25, -0.2) is 0 Å². The lowest BCUT2D eigenvalue weighted by Gasteiger charge is -2.16. The van der Waals surface area contributed by atoms with Crippen molar-refractivity contribution in [3.8, 4) is 11.5 Å². The Balaban J connectivity index is 2.53. The van der Waals surface area contributed by atoms with Crippen LogP contribution >= 0.6 is 27.5 Å². The van der Waals surface area contributed by atoms with Crippen LogP contribution in [0, 0.1) is 0 Å². The van der Waals surface area contributed by atoms with E-state index in [0.29, 0.717) is 16.5 Å². The Hall–Kier alpha value is -0.410. The van der Waals surface area contributed by atoms with E-state index in [2.05, 4.69) is 15.9 Å². The van der Waals surface area contributed by atoms with Gasteiger partial charge in [0.05, 0.1) is 0 Å². The molecule has 2 nitrogen and oxygen atoms in total. The summed E-state index contributed by atoms with van der Waals surface area (Å²) in [5.41, 5.74) is 0. The van der Waals surface area contributed by atoms with E-state index in [1.807, 2.05) is 26.0 Å². The van der Waals surface area contributed by atoms with Crippen LogP contribution in [0.3, 0.4) is 0 Å². The minimum absolute atomic E-state index is 0.558. The van der Waals surface area contributed by atoms with Crippen LogP contribution in [-0.4, -0.2) is 5.79 Å². The van der Waals surface area contributed by atoms with E-state index in [-0.39, 0.29) is 0 Å². The molecule has 0 aromatic heterocycles.